The van der Waals surface area contributed by atoms with E-state index in [4.69, 9.17) is 24.2 Å². The Morgan fingerprint density at radius 2 is 1.84 bits per heavy atom. The second-order valence-electron chi connectivity index (χ2n) is 14.2. The molecule has 3 heterocycles. The van der Waals surface area contributed by atoms with Gasteiger partial charge in [-0.2, -0.15) is 0 Å². The smallest absolute Gasteiger partial charge is 0.408 e. The fourth-order valence-corrected chi connectivity index (χ4v) is 7.04. The summed E-state index contributed by atoms with van der Waals surface area (Å²) >= 11 is 0. The summed E-state index contributed by atoms with van der Waals surface area (Å²) in [5.41, 5.74) is 1.62. The van der Waals surface area contributed by atoms with Gasteiger partial charge in [0.2, 0.25) is 11.8 Å². The summed E-state index contributed by atoms with van der Waals surface area (Å²) in [5, 5.41) is 2.85. The van der Waals surface area contributed by atoms with Crippen LogP contribution < -0.4 is 14.8 Å². The number of nitrogens with one attached hydrogen (secondary N) is 1. The topological polar surface area (TPSA) is 120 Å². The molecule has 1 spiro atoms. The minimum absolute atomic E-state index is 0.101. The number of alkyl carbamates (subject to hydrolysis) is 1. The number of nitrogens with zero attached hydrogens (tertiary/aromatic N) is 3. The molecule has 2 aliphatic heterocycles. The molecule has 2 aliphatic carbocycles. The van der Waals surface area contributed by atoms with Gasteiger partial charge in [0.15, 0.2) is 5.78 Å². The van der Waals surface area contributed by atoms with E-state index in [9.17, 15) is 14.4 Å². The van der Waals surface area contributed by atoms with Crippen LogP contribution in [0.15, 0.2) is 18.2 Å². The third-order valence-electron chi connectivity index (χ3n) is 9.93. The molecular formula is C33H44N4O6. The fraction of sp³-hybridized carbons (Fsp3) is 0.667. The monoisotopic (exact) mass is 592 g/mol. The number of rotatable bonds is 2. The Balaban J connectivity index is 1.40. The minimum atomic E-state index is -0.873. The Kier molecular flexibility index (Phi) is 7.53. The maximum Gasteiger partial charge on any atom is 0.408 e. The maximum atomic E-state index is 14.2. The van der Waals surface area contributed by atoms with Gasteiger partial charge in [-0.3, -0.25) is 9.59 Å². The van der Waals surface area contributed by atoms with Crippen LogP contribution in [0.5, 0.6) is 11.6 Å². The SMILES string of the molecule is COc1ccc2nc3c(nc2c1)O[C@H]1CN(C(=O)[C@H](C(C)(C)C)NC(=O)O[C@@H]2C[C@H]2CCCCC32CC2)[C@H](C(C)=O)[C@@H]1C. The zero-order valence-corrected chi connectivity index (χ0v) is 26.1. The molecule has 1 N–H and O–H groups in total. The highest BCUT2D eigenvalue weighted by Crippen LogP contribution is 2.54. The van der Waals surface area contributed by atoms with Crippen molar-refractivity contribution in [2.45, 2.75) is 109 Å². The van der Waals surface area contributed by atoms with Gasteiger partial charge in [0.25, 0.3) is 0 Å². The summed E-state index contributed by atoms with van der Waals surface area (Å²) in [6.07, 6.45) is 5.76. The van der Waals surface area contributed by atoms with Crippen molar-refractivity contribution < 1.29 is 28.6 Å². The van der Waals surface area contributed by atoms with Crippen molar-refractivity contribution in [3.05, 3.63) is 23.9 Å². The van der Waals surface area contributed by atoms with Crippen LogP contribution in [0.3, 0.4) is 0 Å². The van der Waals surface area contributed by atoms with Crippen molar-refractivity contribution in [1.82, 2.24) is 20.2 Å². The van der Waals surface area contributed by atoms with Crippen LogP contribution in [0.4, 0.5) is 4.79 Å². The lowest BCUT2D eigenvalue weighted by Gasteiger charge is -2.35. The van der Waals surface area contributed by atoms with Gasteiger partial charge in [0, 0.05) is 17.4 Å². The van der Waals surface area contributed by atoms with Crippen LogP contribution in [0, 0.1) is 17.3 Å². The summed E-state index contributed by atoms with van der Waals surface area (Å²) in [6, 6.07) is 4.11. The molecule has 2 aromatic rings. The molecular weight excluding hydrogens is 548 g/mol. The van der Waals surface area contributed by atoms with Gasteiger partial charge >= 0.3 is 6.09 Å². The first-order chi connectivity index (χ1) is 20.4. The molecule has 10 heteroatoms. The zero-order chi connectivity index (χ0) is 30.7. The molecule has 0 unspecified atom stereocenters. The predicted molar refractivity (Wildman–Crippen MR) is 160 cm³/mol. The molecule has 2 bridgehead atoms. The fourth-order valence-electron chi connectivity index (χ4n) is 7.04. The Labute approximate surface area is 253 Å². The highest BCUT2D eigenvalue weighted by Gasteiger charge is 2.52. The normalized spacial score (nSPS) is 30.7. The van der Waals surface area contributed by atoms with Gasteiger partial charge in [0.1, 0.15) is 29.7 Å². The predicted octanol–water partition coefficient (Wildman–Crippen LogP) is 4.96. The van der Waals surface area contributed by atoms with E-state index in [-0.39, 0.29) is 35.7 Å². The Morgan fingerprint density at radius 3 is 2.51 bits per heavy atom. The summed E-state index contributed by atoms with van der Waals surface area (Å²) in [5.74, 6) is 0.772. The van der Waals surface area contributed by atoms with Gasteiger partial charge in [-0.25, -0.2) is 14.8 Å². The molecule has 3 fully saturated rings. The molecule has 6 atom stereocenters. The summed E-state index contributed by atoms with van der Waals surface area (Å²) in [7, 11) is 1.62. The molecule has 1 aromatic heterocycles. The van der Waals surface area contributed by atoms with Crippen LogP contribution in [0.25, 0.3) is 11.0 Å². The standard InChI is InChI=1S/C33H44N4O6/c1-18-25-17-37(26(18)19(2)38)30(39)28(32(3,4)5)36-31(40)43-24-15-20(24)9-7-8-12-33(13-14-33)27-29(42-25)35-23-16-21(41-6)10-11-22(23)34-27/h10-11,16,18,20,24-26,28H,7-9,12-15,17H2,1-6H3,(H,36,40)/t18-,20-,24-,25+,26+,28-/m1/s1. The van der Waals surface area contributed by atoms with Crippen molar-refractivity contribution in [2.24, 2.45) is 17.3 Å². The first-order valence-corrected chi connectivity index (χ1v) is 15.7. The largest absolute Gasteiger partial charge is 0.497 e. The number of amides is 2. The van der Waals surface area contributed by atoms with E-state index in [1.165, 1.54) is 6.92 Å². The number of fused-ring (bicyclic) bond motifs is 6. The van der Waals surface area contributed by atoms with Crippen molar-refractivity contribution in [2.75, 3.05) is 13.7 Å². The summed E-state index contributed by atoms with van der Waals surface area (Å²) < 4.78 is 17.9. The van der Waals surface area contributed by atoms with E-state index in [1.807, 2.05) is 45.9 Å². The van der Waals surface area contributed by atoms with Gasteiger partial charge in [-0.15, -0.1) is 0 Å². The van der Waals surface area contributed by atoms with Crippen molar-refractivity contribution >= 4 is 28.8 Å². The average Bonchev–Trinajstić information content (AvgIpc) is 3.86. The van der Waals surface area contributed by atoms with Crippen molar-refractivity contribution in [1.29, 1.82) is 0 Å². The first kappa shape index (κ1) is 29.6. The Hall–Kier alpha value is -3.43. The van der Waals surface area contributed by atoms with E-state index >= 15 is 0 Å². The van der Waals surface area contributed by atoms with Crippen LogP contribution in [0.1, 0.15) is 85.3 Å². The van der Waals surface area contributed by atoms with Crippen molar-refractivity contribution in [3.8, 4) is 11.6 Å². The maximum absolute atomic E-state index is 14.2. The highest BCUT2D eigenvalue weighted by atomic mass is 16.6. The lowest BCUT2D eigenvalue weighted by atomic mass is 9.85. The van der Waals surface area contributed by atoms with E-state index in [2.05, 4.69) is 5.32 Å². The molecule has 0 radical (unpaired) electrons. The number of hydrogen-bond donors (Lipinski definition) is 1. The number of aromatic nitrogens is 2. The highest BCUT2D eigenvalue weighted by molar-refractivity contribution is 5.92. The molecule has 1 aromatic carbocycles. The van der Waals surface area contributed by atoms with Gasteiger partial charge in [-0.1, -0.05) is 40.5 Å². The van der Waals surface area contributed by atoms with Gasteiger partial charge in [-0.05, 0) is 62.5 Å². The van der Waals surface area contributed by atoms with Crippen LogP contribution in [-0.4, -0.2) is 70.6 Å². The van der Waals surface area contributed by atoms with Crippen LogP contribution in [-0.2, 0) is 19.7 Å². The van der Waals surface area contributed by atoms with Crippen molar-refractivity contribution in [3.63, 3.8) is 0 Å². The molecule has 43 heavy (non-hydrogen) atoms. The Morgan fingerprint density at radius 1 is 1.07 bits per heavy atom. The molecule has 1 saturated heterocycles. The average molecular weight is 593 g/mol. The second-order valence-corrected chi connectivity index (χ2v) is 14.2. The molecule has 2 saturated carbocycles. The van der Waals surface area contributed by atoms with Gasteiger partial charge < -0.3 is 24.4 Å². The van der Waals surface area contributed by atoms with E-state index in [1.54, 1.807) is 12.0 Å². The van der Waals surface area contributed by atoms with Gasteiger partial charge in [0.05, 0.1) is 30.7 Å². The van der Waals surface area contributed by atoms with Crippen LogP contribution in [0.2, 0.25) is 0 Å². The minimum Gasteiger partial charge on any atom is -0.497 e. The summed E-state index contributed by atoms with van der Waals surface area (Å²) in [6.45, 7) is 9.35. The number of carbonyl (C=O) groups is 3. The second kappa shape index (κ2) is 10.9. The number of Topliss-reactive ketones (excluding diaryl/α,β-unsaturated/α-hetero) is 1. The number of ketones is 1. The van der Waals surface area contributed by atoms with Crippen LogP contribution >= 0.6 is 0 Å². The number of methoxy groups -OCH3 is 1. The van der Waals surface area contributed by atoms with E-state index in [0.29, 0.717) is 23.1 Å². The number of ether oxygens (including phenoxy) is 3. The first-order valence-electron chi connectivity index (χ1n) is 15.7. The number of hydrogen-bond acceptors (Lipinski definition) is 8. The molecule has 10 nitrogen and oxygen atoms in total. The lowest BCUT2D eigenvalue weighted by molar-refractivity contribution is -0.141. The van der Waals surface area contributed by atoms with E-state index in [0.717, 1.165) is 56.2 Å². The third-order valence-corrected chi connectivity index (χ3v) is 9.93. The zero-order valence-electron chi connectivity index (χ0n) is 26.1. The molecule has 232 valence electrons. The quantitative estimate of drug-likeness (QED) is 0.520. The van der Waals surface area contributed by atoms with E-state index < -0.39 is 29.7 Å². The number of carbonyl (C=O) groups excluding carboxylic acids is 3. The number of benzene rings is 1. The Bertz CT molecular complexity index is 1430. The lowest BCUT2D eigenvalue weighted by Crippen LogP contribution is -2.57. The molecule has 2 amide bonds. The molecule has 4 aliphatic rings. The summed E-state index contributed by atoms with van der Waals surface area (Å²) in [4.78, 5) is 51.8. The molecule has 6 rings (SSSR count). The third kappa shape index (κ3) is 5.77.